The molecule has 0 heterocycles. The molecule has 0 bridgehead atoms. The molecule has 104 valence electrons. The molecule has 0 saturated carbocycles. The van der Waals surface area contributed by atoms with Gasteiger partial charge in [-0.25, -0.2) is 0 Å². The van der Waals surface area contributed by atoms with Crippen LogP contribution in [-0.2, 0) is 0 Å². The molecule has 0 aromatic heterocycles. The topological polar surface area (TPSA) is 38.7 Å². The van der Waals surface area contributed by atoms with E-state index in [4.69, 9.17) is 16.3 Å². The Morgan fingerprint density at radius 1 is 1.20 bits per heavy atom. The minimum Gasteiger partial charge on any atom is -0.860 e. The second-order valence-corrected chi connectivity index (χ2v) is 10.6. The Balaban J connectivity index is 0.00000361. The van der Waals surface area contributed by atoms with Crippen LogP contribution in [0.3, 0.4) is 0 Å². The molecule has 0 unspecified atom stereocenters. The number of benzene rings is 1. The molecule has 0 aliphatic carbocycles. The van der Waals surface area contributed by atoms with E-state index in [0.29, 0.717) is 5.02 Å². The summed E-state index contributed by atoms with van der Waals surface area (Å²) in [5, 5.41) is 12.5. The van der Waals surface area contributed by atoms with Gasteiger partial charge in [0.2, 0.25) is 0 Å². The number of hydrogen-bond donors (Lipinski definition) is 0. The molecule has 6 heteroatoms. The number of rotatable bonds is 4. The van der Waals surface area contributed by atoms with Crippen LogP contribution in [0.15, 0.2) is 40.9 Å². The van der Waals surface area contributed by atoms with E-state index >= 15 is 0 Å². The molecule has 0 amide bonds. The van der Waals surface area contributed by atoms with E-state index in [-0.39, 0.29) is 24.7 Å². The average molecular weight is 303 g/mol. The van der Waals surface area contributed by atoms with E-state index < -0.39 is 8.24 Å². The van der Waals surface area contributed by atoms with Crippen molar-refractivity contribution < 1.29 is 24.0 Å². The third-order valence-electron chi connectivity index (χ3n) is 2.30. The second-order valence-electron chi connectivity index (χ2n) is 5.55. The molecule has 0 spiro atoms. The molecule has 0 radical (unpaired) electrons. The van der Waals surface area contributed by atoms with Crippen molar-refractivity contribution in [2.75, 3.05) is 14.1 Å². The first-order valence-electron chi connectivity index (χ1n) is 6.11. The molecule has 1 aromatic carbocycles. The molecule has 0 saturated heterocycles. The van der Waals surface area contributed by atoms with Gasteiger partial charge in [0.15, 0.2) is 8.24 Å². The predicted molar refractivity (Wildman–Crippen MR) is 83.1 cm³/mol. The van der Waals surface area contributed by atoms with Crippen molar-refractivity contribution in [1.82, 2.24) is 4.90 Å². The maximum Gasteiger partial charge on any atom is 1.00 e. The molecule has 0 aliphatic rings. The quantitative estimate of drug-likeness (QED) is 0.436. The summed E-state index contributed by atoms with van der Waals surface area (Å²) in [6.07, 6.45) is 1.58. The van der Waals surface area contributed by atoms with Crippen LogP contribution in [0, 0.1) is 0 Å². The van der Waals surface area contributed by atoms with Crippen LogP contribution in [0.25, 0.3) is 0 Å². The van der Waals surface area contributed by atoms with E-state index in [0.717, 1.165) is 11.3 Å². The molecule has 0 fully saturated rings. The predicted octanol–water partition coefficient (Wildman–Crippen LogP) is -0.269. The van der Waals surface area contributed by atoms with Crippen molar-refractivity contribution in [2.45, 2.75) is 19.6 Å². The first-order valence-corrected chi connectivity index (χ1v) is 9.93. The summed E-state index contributed by atoms with van der Waals surface area (Å²) >= 11 is 5.89. The Morgan fingerprint density at radius 2 is 1.70 bits per heavy atom. The van der Waals surface area contributed by atoms with Crippen molar-refractivity contribution in [3.8, 4) is 0 Å². The first kappa shape index (κ1) is 19.3. The minimum absolute atomic E-state index is 0. The molecular weight excluding hydrogens is 283 g/mol. The fourth-order valence-electron chi connectivity index (χ4n) is 1.41. The zero-order valence-corrected chi connectivity index (χ0v) is 14.8. The second kappa shape index (κ2) is 7.94. The number of hydrogen-bond acceptors (Lipinski definition) is 3. The largest absolute Gasteiger partial charge is 1.00 e. The van der Waals surface area contributed by atoms with Gasteiger partial charge in [0.1, 0.15) is 0 Å². The zero-order chi connectivity index (χ0) is 14.6. The van der Waals surface area contributed by atoms with Crippen molar-refractivity contribution in [3.63, 3.8) is 0 Å². The Morgan fingerprint density at radius 3 is 2.10 bits per heavy atom. The van der Waals surface area contributed by atoms with Crippen LogP contribution in [0.5, 0.6) is 0 Å². The van der Waals surface area contributed by atoms with E-state index in [1.165, 1.54) is 4.90 Å². The Kier molecular flexibility index (Phi) is 7.68. The van der Waals surface area contributed by atoms with Gasteiger partial charge in [-0.1, -0.05) is 23.7 Å². The van der Waals surface area contributed by atoms with Gasteiger partial charge in [0.25, 0.3) is 0 Å². The van der Waals surface area contributed by atoms with E-state index in [1.54, 1.807) is 20.2 Å². The maximum absolute atomic E-state index is 11.9. The van der Waals surface area contributed by atoms with Crippen molar-refractivity contribution >= 4 is 25.5 Å². The summed E-state index contributed by atoms with van der Waals surface area (Å²) in [4.78, 5) is 1.54. The SMILES string of the molecule is CN(C)/C([O-])=C/C(=N/[Si](C)(C)C)c1ccc(Cl)cc1.[Li+]. The van der Waals surface area contributed by atoms with E-state index in [1.807, 2.05) is 24.3 Å². The van der Waals surface area contributed by atoms with Gasteiger partial charge in [-0.3, -0.25) is 0 Å². The fourth-order valence-corrected chi connectivity index (χ4v) is 2.45. The van der Waals surface area contributed by atoms with Crippen molar-refractivity contribution in [2.24, 2.45) is 4.66 Å². The van der Waals surface area contributed by atoms with Crippen molar-refractivity contribution in [3.05, 3.63) is 46.8 Å². The minimum atomic E-state index is -1.67. The summed E-state index contributed by atoms with van der Waals surface area (Å²) in [5.41, 5.74) is 1.65. The average Bonchev–Trinajstić information content (AvgIpc) is 2.27. The first-order chi connectivity index (χ1) is 8.69. The fraction of sp³-hybridized carbons (Fsp3) is 0.357. The molecular formula is C14H20ClLiN2OSi. The van der Waals surface area contributed by atoms with Gasteiger partial charge in [0, 0.05) is 19.1 Å². The van der Waals surface area contributed by atoms with Gasteiger partial charge >= 0.3 is 18.9 Å². The molecule has 20 heavy (non-hydrogen) atoms. The smallest absolute Gasteiger partial charge is 0.860 e. The zero-order valence-electron chi connectivity index (χ0n) is 13.1. The summed E-state index contributed by atoms with van der Waals surface area (Å²) in [6.45, 7) is 6.41. The van der Waals surface area contributed by atoms with Crippen LogP contribution in [0.1, 0.15) is 5.56 Å². The maximum atomic E-state index is 11.9. The van der Waals surface area contributed by atoms with Crippen LogP contribution in [0.2, 0.25) is 24.7 Å². The van der Waals surface area contributed by atoms with Crippen molar-refractivity contribution in [1.29, 1.82) is 0 Å². The van der Waals surface area contributed by atoms with E-state index in [9.17, 15) is 5.11 Å². The van der Waals surface area contributed by atoms with Gasteiger partial charge in [0.05, 0.1) is 5.71 Å². The summed E-state index contributed by atoms with van der Waals surface area (Å²) in [5.74, 6) is -0.0630. The molecule has 1 rings (SSSR count). The summed E-state index contributed by atoms with van der Waals surface area (Å²) in [6, 6.07) is 7.40. The standard InChI is InChI=1S/C14H21ClN2OSi.Li/c1-17(2)14(18)10-13(16-19(3,4)5)11-6-8-12(15)9-7-11;/h6-10,18H,1-5H3;/q;+1/p-1/b14-10-,16-13-;. The van der Waals surface area contributed by atoms with Gasteiger partial charge in [-0.05, 0) is 49.3 Å². The third kappa shape index (κ3) is 6.67. The molecule has 1 aromatic rings. The Labute approximate surface area is 139 Å². The van der Waals surface area contributed by atoms with Crippen LogP contribution in [0.4, 0.5) is 0 Å². The monoisotopic (exact) mass is 302 g/mol. The van der Waals surface area contributed by atoms with E-state index in [2.05, 4.69) is 19.6 Å². The number of nitrogens with zero attached hydrogens (tertiary/aromatic N) is 2. The molecule has 0 atom stereocenters. The Hall–Kier alpha value is -0.666. The third-order valence-corrected chi connectivity index (χ3v) is 3.46. The number of allylic oxidation sites excluding steroid dienone is 1. The molecule has 3 nitrogen and oxygen atoms in total. The van der Waals surface area contributed by atoms with Gasteiger partial charge in [-0.15, -0.1) is 0 Å². The van der Waals surface area contributed by atoms with Crippen LogP contribution < -0.4 is 24.0 Å². The Bertz CT molecular complexity index is 493. The van der Waals surface area contributed by atoms with Crippen LogP contribution >= 0.6 is 11.6 Å². The normalized spacial score (nSPS) is 12.9. The number of halogens is 1. The van der Waals surface area contributed by atoms with Gasteiger partial charge in [-0.2, -0.15) is 0 Å². The molecule has 0 aliphatic heterocycles. The summed E-state index contributed by atoms with van der Waals surface area (Å²) < 4.78 is 4.74. The molecule has 0 N–H and O–H groups in total. The summed E-state index contributed by atoms with van der Waals surface area (Å²) in [7, 11) is 1.79. The van der Waals surface area contributed by atoms with Gasteiger partial charge < -0.3 is 14.7 Å². The van der Waals surface area contributed by atoms with Crippen LogP contribution in [-0.4, -0.2) is 32.9 Å².